The minimum Gasteiger partial charge on any atom is -0.383 e. The van der Waals surface area contributed by atoms with Gasteiger partial charge in [-0.2, -0.15) is 0 Å². The van der Waals surface area contributed by atoms with Gasteiger partial charge in [-0.1, -0.05) is 52.0 Å². The Morgan fingerprint density at radius 2 is 0.570 bits per heavy atom. The van der Waals surface area contributed by atoms with Gasteiger partial charge in [0.2, 0.25) is 0 Å². The number of hydrogen-bond donors (Lipinski definition) is 12. The van der Waals surface area contributed by atoms with Gasteiger partial charge in [0.25, 0.3) is 0 Å². The number of thiophene rings is 4. The van der Waals surface area contributed by atoms with Crippen LogP contribution in [0.1, 0.15) is 170 Å². The van der Waals surface area contributed by atoms with Crippen molar-refractivity contribution in [2.45, 2.75) is 153 Å². The molecule has 0 spiro atoms. The first kappa shape index (κ1) is 70.0. The van der Waals surface area contributed by atoms with Crippen LogP contribution < -0.4 is 44.2 Å². The molecule has 0 aliphatic heterocycles. The molecule has 16 nitrogen and oxygen atoms in total. The molecule has 0 amide bonds. The van der Waals surface area contributed by atoms with Crippen molar-refractivity contribution in [3.05, 3.63) is 209 Å². The highest BCUT2D eigenvalue weighted by molar-refractivity contribution is 7.13. The molecule has 16 rings (SSSR count). The zero-order valence-electron chi connectivity index (χ0n) is 57.8. The SMILES string of the molecule is CCNC1CCC(c2c[nH]c3ccc(N=C(N)c4cccs4)cc23)C1.CCNC1CCC(c2c[nH]c3ccc(N=C(N)c4cccs4)cc23)C1.CCNC1CCC(c2c[nH]c3ccc(N=C(N)c4cccs4)cc23)C1.CCNC1CCC(c2c[nH]c3ccc(N=C(N)c4cccs4)cc23)C1. The molecule has 4 aliphatic rings. The lowest BCUT2D eigenvalue weighted by Crippen LogP contribution is -2.25. The van der Waals surface area contributed by atoms with Crippen molar-refractivity contribution < 1.29 is 0 Å². The van der Waals surface area contributed by atoms with Crippen molar-refractivity contribution in [2.24, 2.45) is 42.9 Å². The maximum absolute atomic E-state index is 6.15. The second-order valence-corrected chi connectivity index (χ2v) is 30.6. The second-order valence-electron chi connectivity index (χ2n) is 26.9. The number of rotatable bonds is 20. The van der Waals surface area contributed by atoms with E-state index in [0.29, 0.717) is 71.2 Å². The van der Waals surface area contributed by atoms with Gasteiger partial charge >= 0.3 is 0 Å². The molecular formula is C80H96N16S4. The number of nitrogens with zero attached hydrogens (tertiary/aromatic N) is 4. The number of nitrogens with two attached hydrogens (primary N) is 4. The Balaban J connectivity index is 0.000000119. The summed E-state index contributed by atoms with van der Waals surface area (Å²) in [6.45, 7) is 12.9. The molecule has 16 N–H and O–H groups in total. The molecule has 12 aromatic rings. The summed E-state index contributed by atoms with van der Waals surface area (Å²) in [5, 5.41) is 27.6. The van der Waals surface area contributed by atoms with Crippen LogP contribution in [-0.2, 0) is 0 Å². The number of aromatic nitrogens is 4. The minimum absolute atomic E-state index is 0.583. The summed E-state index contributed by atoms with van der Waals surface area (Å²) in [7, 11) is 0. The number of benzene rings is 4. The molecular weight excluding hydrogens is 1310 g/mol. The largest absolute Gasteiger partial charge is 0.383 e. The van der Waals surface area contributed by atoms with E-state index in [9.17, 15) is 0 Å². The minimum atomic E-state index is 0.583. The van der Waals surface area contributed by atoms with Crippen LogP contribution in [0, 0.1) is 0 Å². The van der Waals surface area contributed by atoms with E-state index in [1.54, 1.807) is 45.3 Å². The molecule has 4 aromatic carbocycles. The van der Waals surface area contributed by atoms with Gasteiger partial charge in [-0.15, -0.1) is 45.3 Å². The topological polar surface area (TPSA) is 265 Å². The summed E-state index contributed by atoms with van der Waals surface area (Å²) in [6, 6.07) is 43.8. The summed E-state index contributed by atoms with van der Waals surface area (Å²) in [5.41, 5.74) is 38.6. The molecule has 8 atom stereocenters. The highest BCUT2D eigenvalue weighted by Gasteiger charge is 2.31. The first-order chi connectivity index (χ1) is 49.0. The van der Waals surface area contributed by atoms with Gasteiger partial charge in [-0.05, 0) is 268 Å². The first-order valence-corrected chi connectivity index (χ1v) is 39.4. The standard InChI is InChI=1S/4C20H24N4S/c4*1-2-22-14-6-5-13(10-14)17-12-23-18-8-7-15(11-16(17)18)24-20(21)19-4-3-9-25-19/h4*3-4,7-9,11-14,22-23H,2,5-6,10H2,1H3,(H2,21,24). The summed E-state index contributed by atoms with van der Waals surface area (Å²) >= 11 is 6.46. The number of aromatic amines is 4. The third-order valence-corrected chi connectivity index (χ3v) is 23.9. The van der Waals surface area contributed by atoms with Gasteiger partial charge in [0.05, 0.1) is 42.3 Å². The summed E-state index contributed by atoms with van der Waals surface area (Å²) < 4.78 is 0. The van der Waals surface area contributed by atoms with Crippen LogP contribution in [0.2, 0.25) is 0 Å². The Hall–Kier alpha value is -8.44. The average molecular weight is 1410 g/mol. The van der Waals surface area contributed by atoms with Crippen molar-refractivity contribution in [3.63, 3.8) is 0 Å². The summed E-state index contributed by atoms with van der Waals surface area (Å²) in [5.74, 6) is 4.80. The predicted octanol–water partition coefficient (Wildman–Crippen LogP) is 18.0. The second kappa shape index (κ2) is 33.4. The van der Waals surface area contributed by atoms with Gasteiger partial charge < -0.3 is 64.1 Å². The van der Waals surface area contributed by atoms with Gasteiger partial charge in [-0.3, -0.25) is 0 Å². The maximum Gasteiger partial charge on any atom is 0.141 e. The lowest BCUT2D eigenvalue weighted by molar-refractivity contribution is 0.535. The summed E-state index contributed by atoms with van der Waals surface area (Å²) in [6.07, 6.45) is 23.6. The molecule has 520 valence electrons. The van der Waals surface area contributed by atoms with E-state index in [1.807, 2.05) is 94.3 Å². The van der Waals surface area contributed by atoms with Crippen LogP contribution in [0.15, 0.2) is 188 Å². The first-order valence-electron chi connectivity index (χ1n) is 35.9. The molecule has 20 heteroatoms. The van der Waals surface area contributed by atoms with Gasteiger partial charge in [-0.25, -0.2) is 20.0 Å². The van der Waals surface area contributed by atoms with Crippen LogP contribution in [0.25, 0.3) is 43.6 Å². The van der Waals surface area contributed by atoms with E-state index in [4.69, 9.17) is 22.9 Å². The Kier molecular flexibility index (Phi) is 23.4. The highest BCUT2D eigenvalue weighted by Crippen LogP contribution is 2.43. The molecule has 4 fully saturated rings. The molecule has 0 bridgehead atoms. The maximum atomic E-state index is 6.15. The van der Waals surface area contributed by atoms with Crippen molar-refractivity contribution in [1.82, 2.24) is 41.2 Å². The van der Waals surface area contributed by atoms with Gasteiger partial charge in [0.15, 0.2) is 0 Å². The number of amidine groups is 4. The molecule has 0 radical (unpaired) electrons. The molecule has 4 aliphatic carbocycles. The molecule has 8 unspecified atom stereocenters. The summed E-state index contributed by atoms with van der Waals surface area (Å²) in [4.78, 5) is 36.2. The normalized spacial score (nSPS) is 21.2. The fraction of sp³-hybridized carbons (Fsp3) is 0.350. The number of nitrogens with one attached hydrogen (secondary N) is 8. The van der Waals surface area contributed by atoms with E-state index < -0.39 is 0 Å². The van der Waals surface area contributed by atoms with E-state index in [-0.39, 0.29) is 0 Å². The molecule has 0 saturated heterocycles. The van der Waals surface area contributed by atoms with Crippen molar-refractivity contribution in [3.8, 4) is 0 Å². The Morgan fingerprint density at radius 1 is 0.340 bits per heavy atom. The lowest BCUT2D eigenvalue weighted by atomic mass is 9.96. The smallest absolute Gasteiger partial charge is 0.141 e. The van der Waals surface area contributed by atoms with Crippen LogP contribution >= 0.6 is 45.3 Å². The lowest BCUT2D eigenvalue weighted by Gasteiger charge is -2.11. The number of hydrogen-bond acceptors (Lipinski definition) is 12. The third-order valence-electron chi connectivity index (χ3n) is 20.3. The van der Waals surface area contributed by atoms with Crippen molar-refractivity contribution in [1.29, 1.82) is 0 Å². The molecule has 8 heterocycles. The predicted molar refractivity (Wildman–Crippen MR) is 428 cm³/mol. The zero-order valence-corrected chi connectivity index (χ0v) is 61.1. The Bertz CT molecular complexity index is 4110. The fourth-order valence-electron chi connectivity index (χ4n) is 15.6. The van der Waals surface area contributed by atoms with Crippen LogP contribution in [-0.4, -0.2) is 93.6 Å². The van der Waals surface area contributed by atoms with Crippen molar-refractivity contribution in [2.75, 3.05) is 26.2 Å². The van der Waals surface area contributed by atoms with Crippen LogP contribution in [0.5, 0.6) is 0 Å². The number of fused-ring (bicyclic) bond motifs is 4. The van der Waals surface area contributed by atoms with Crippen LogP contribution in [0.3, 0.4) is 0 Å². The van der Waals surface area contributed by atoms with Crippen LogP contribution in [0.4, 0.5) is 22.7 Å². The Morgan fingerprint density at radius 3 is 0.770 bits per heavy atom. The monoisotopic (exact) mass is 1410 g/mol. The van der Waals surface area contributed by atoms with Crippen molar-refractivity contribution >= 4 is 135 Å². The van der Waals surface area contributed by atoms with Gasteiger partial charge in [0, 0.05) is 92.6 Å². The number of H-pyrrole nitrogens is 4. The van der Waals surface area contributed by atoms with Gasteiger partial charge in [0.1, 0.15) is 23.3 Å². The Labute approximate surface area is 603 Å². The van der Waals surface area contributed by atoms with E-state index >= 15 is 0 Å². The average Bonchev–Trinajstić information content (AvgIpc) is 1.66. The molecule has 100 heavy (non-hydrogen) atoms. The number of aliphatic imine (C=N–C) groups is 4. The quantitative estimate of drug-likeness (QED) is 0.0257. The molecule has 8 aromatic heterocycles. The fourth-order valence-corrected chi connectivity index (χ4v) is 18.1. The third kappa shape index (κ3) is 17.0. The highest BCUT2D eigenvalue weighted by atomic mass is 32.1. The molecule has 4 saturated carbocycles. The van der Waals surface area contributed by atoms with E-state index in [2.05, 4.69) is 162 Å². The zero-order chi connectivity index (χ0) is 68.9. The van der Waals surface area contributed by atoms with E-state index in [1.165, 1.54) is 143 Å². The van der Waals surface area contributed by atoms with E-state index in [0.717, 1.165) is 68.4 Å².